The van der Waals surface area contributed by atoms with E-state index in [-0.39, 0.29) is 5.82 Å². The van der Waals surface area contributed by atoms with Crippen LogP contribution in [-0.2, 0) is 18.4 Å². The molecule has 0 amide bonds. The number of alkyl halides is 1. The largest absolute Gasteiger partial charge is 0.497 e. The molecule has 0 aliphatic heterocycles. The highest BCUT2D eigenvalue weighted by Crippen LogP contribution is 2.31. The number of nitrogens with zero attached hydrogens (tertiary/aromatic N) is 2. The van der Waals surface area contributed by atoms with Crippen molar-refractivity contribution in [2.45, 2.75) is 18.4 Å². The van der Waals surface area contributed by atoms with Crippen LogP contribution in [0.4, 0.5) is 10.2 Å². The summed E-state index contributed by atoms with van der Waals surface area (Å²) in [5.41, 5.74) is 2.42. The summed E-state index contributed by atoms with van der Waals surface area (Å²) in [5, 5.41) is 0.448. The van der Waals surface area contributed by atoms with Gasteiger partial charge in [-0.1, -0.05) is 15.9 Å². The lowest BCUT2D eigenvalue weighted by atomic mass is 10.1. The smallest absolute Gasteiger partial charge is 0.132 e. The van der Waals surface area contributed by atoms with Crippen molar-refractivity contribution in [3.63, 3.8) is 0 Å². The van der Waals surface area contributed by atoms with Crippen molar-refractivity contribution in [1.82, 2.24) is 4.98 Å². The van der Waals surface area contributed by atoms with E-state index in [4.69, 9.17) is 18.9 Å². The first-order chi connectivity index (χ1) is 15.5. The number of aromatic nitrogens is 1. The van der Waals surface area contributed by atoms with E-state index in [1.807, 2.05) is 41.3 Å². The van der Waals surface area contributed by atoms with Crippen molar-refractivity contribution in [2.75, 3.05) is 33.3 Å². The molecule has 1 heterocycles. The van der Waals surface area contributed by atoms with Gasteiger partial charge in [0.05, 0.1) is 34.1 Å². The Labute approximate surface area is 196 Å². The van der Waals surface area contributed by atoms with Gasteiger partial charge in [0.2, 0.25) is 0 Å². The van der Waals surface area contributed by atoms with E-state index in [1.165, 1.54) is 12.1 Å². The molecule has 0 aliphatic carbocycles. The van der Waals surface area contributed by atoms with Crippen LogP contribution in [0.1, 0.15) is 16.8 Å². The van der Waals surface area contributed by atoms with E-state index in [2.05, 4.69) is 20.9 Å². The van der Waals surface area contributed by atoms with Crippen LogP contribution in [-0.4, -0.2) is 33.4 Å². The molecular weight excluding hydrogens is 479 g/mol. The maximum atomic E-state index is 14.4. The molecule has 3 aromatic rings. The number of hydrogen-bond acceptors (Lipinski definition) is 6. The number of ether oxygens (including phenoxy) is 4. The second-order valence-electron chi connectivity index (χ2n) is 6.98. The van der Waals surface area contributed by atoms with E-state index >= 15 is 0 Å². The van der Waals surface area contributed by atoms with Crippen LogP contribution in [0.2, 0.25) is 0 Å². The number of benzene rings is 2. The van der Waals surface area contributed by atoms with Gasteiger partial charge in [0, 0.05) is 47.7 Å². The first kappa shape index (κ1) is 23.7. The Morgan fingerprint density at radius 2 is 1.31 bits per heavy atom. The predicted octanol–water partition coefficient (Wildman–Crippen LogP) is 5.36. The summed E-state index contributed by atoms with van der Waals surface area (Å²) >= 11 is 3.37. The number of hydrogen-bond donors (Lipinski definition) is 0. The molecule has 0 aliphatic rings. The molecular formula is C24H26BrFN2O4. The first-order valence-electron chi connectivity index (χ1n) is 9.90. The molecule has 0 saturated heterocycles. The lowest BCUT2D eigenvalue weighted by Crippen LogP contribution is -2.24. The fraction of sp³-hybridized carbons (Fsp3) is 0.292. The number of methoxy groups -OCH3 is 4. The second-order valence-corrected chi connectivity index (χ2v) is 7.54. The third-order valence-corrected chi connectivity index (χ3v) is 5.58. The van der Waals surface area contributed by atoms with E-state index in [0.717, 1.165) is 11.1 Å². The summed E-state index contributed by atoms with van der Waals surface area (Å²) in [6, 6.07) is 14.1. The topological polar surface area (TPSA) is 53.1 Å². The number of pyridine rings is 1. The van der Waals surface area contributed by atoms with Gasteiger partial charge in [0.1, 0.15) is 34.6 Å². The zero-order valence-electron chi connectivity index (χ0n) is 18.5. The van der Waals surface area contributed by atoms with Crippen molar-refractivity contribution in [2.24, 2.45) is 0 Å². The quantitative estimate of drug-likeness (QED) is 0.346. The van der Waals surface area contributed by atoms with Gasteiger partial charge in [0.15, 0.2) is 0 Å². The third kappa shape index (κ3) is 5.62. The number of anilines is 1. The van der Waals surface area contributed by atoms with Crippen LogP contribution in [0.3, 0.4) is 0 Å². The normalized spacial score (nSPS) is 10.6. The van der Waals surface area contributed by atoms with Crippen LogP contribution in [0.15, 0.2) is 48.5 Å². The lowest BCUT2D eigenvalue weighted by Gasteiger charge is -2.26. The Kier molecular flexibility index (Phi) is 8.16. The average Bonchev–Trinajstić information content (AvgIpc) is 2.83. The lowest BCUT2D eigenvalue weighted by molar-refractivity contribution is 0.389. The summed E-state index contributed by atoms with van der Waals surface area (Å²) in [4.78, 5) is 6.61. The van der Waals surface area contributed by atoms with E-state index < -0.39 is 0 Å². The average molecular weight is 505 g/mol. The Morgan fingerprint density at radius 1 is 0.781 bits per heavy atom. The molecule has 0 atom stereocenters. The van der Waals surface area contributed by atoms with Gasteiger partial charge in [0.25, 0.3) is 0 Å². The maximum absolute atomic E-state index is 14.4. The molecule has 1 aromatic heterocycles. The molecule has 32 heavy (non-hydrogen) atoms. The number of halogens is 2. The number of rotatable bonds is 10. The SMILES string of the molecule is COc1ccc(CN(Cc2ccc(OC)cc2OC)c2cc(F)cc(CBr)n2)c(OC)c1. The van der Waals surface area contributed by atoms with Crippen molar-refractivity contribution < 1.29 is 23.3 Å². The monoisotopic (exact) mass is 504 g/mol. The van der Waals surface area contributed by atoms with Gasteiger partial charge in [-0.15, -0.1) is 0 Å². The summed E-state index contributed by atoms with van der Waals surface area (Å²) in [6.07, 6.45) is 0. The highest BCUT2D eigenvalue weighted by molar-refractivity contribution is 9.08. The molecule has 2 aromatic carbocycles. The van der Waals surface area contributed by atoms with Crippen LogP contribution >= 0.6 is 15.9 Å². The van der Waals surface area contributed by atoms with Gasteiger partial charge in [-0.2, -0.15) is 0 Å². The molecule has 0 bridgehead atoms. The third-order valence-electron chi connectivity index (χ3n) is 5.00. The minimum absolute atomic E-state index is 0.349. The fourth-order valence-corrected chi connectivity index (χ4v) is 3.65. The fourth-order valence-electron chi connectivity index (χ4n) is 3.36. The van der Waals surface area contributed by atoms with E-state index in [1.54, 1.807) is 28.4 Å². The van der Waals surface area contributed by atoms with E-state index in [9.17, 15) is 4.39 Å². The highest BCUT2D eigenvalue weighted by atomic mass is 79.9. The molecule has 0 radical (unpaired) electrons. The summed E-state index contributed by atoms with van der Waals surface area (Å²) < 4.78 is 36.1. The Bertz CT molecular complexity index is 1010. The summed E-state index contributed by atoms with van der Waals surface area (Å²) in [6.45, 7) is 0.862. The molecule has 6 nitrogen and oxygen atoms in total. The van der Waals surface area contributed by atoms with Crippen LogP contribution < -0.4 is 23.8 Å². The standard InChI is InChI=1S/C24H26BrFN2O4/c1-29-20-7-5-16(22(11-20)31-3)14-28(24-10-18(26)9-19(13-25)27-24)15-17-6-8-21(30-2)12-23(17)32-4/h5-12H,13-15H2,1-4H3. The van der Waals surface area contributed by atoms with Gasteiger partial charge in [-0.05, 0) is 30.3 Å². The zero-order valence-corrected chi connectivity index (χ0v) is 20.1. The molecule has 8 heteroatoms. The minimum Gasteiger partial charge on any atom is -0.497 e. The summed E-state index contributed by atoms with van der Waals surface area (Å²) in [7, 11) is 6.43. The van der Waals surface area contributed by atoms with Crippen LogP contribution in [0.5, 0.6) is 23.0 Å². The van der Waals surface area contributed by atoms with Crippen molar-refractivity contribution >= 4 is 21.7 Å². The minimum atomic E-state index is -0.349. The molecule has 0 N–H and O–H groups in total. The van der Waals surface area contributed by atoms with Crippen LogP contribution in [0.25, 0.3) is 0 Å². The van der Waals surface area contributed by atoms with Gasteiger partial charge in [-0.3, -0.25) is 0 Å². The Hall–Kier alpha value is -3.00. The Balaban J connectivity index is 2.04. The van der Waals surface area contributed by atoms with E-state index in [0.29, 0.717) is 52.9 Å². The molecule has 0 spiro atoms. The first-order valence-corrected chi connectivity index (χ1v) is 11.0. The van der Waals surface area contributed by atoms with Crippen molar-refractivity contribution in [1.29, 1.82) is 0 Å². The molecule has 0 fully saturated rings. The molecule has 170 valence electrons. The van der Waals surface area contributed by atoms with Gasteiger partial charge >= 0.3 is 0 Å². The zero-order chi connectivity index (χ0) is 23.1. The van der Waals surface area contributed by atoms with Crippen molar-refractivity contribution in [3.05, 3.63) is 71.2 Å². The highest BCUT2D eigenvalue weighted by Gasteiger charge is 2.18. The predicted molar refractivity (Wildman–Crippen MR) is 126 cm³/mol. The van der Waals surface area contributed by atoms with Gasteiger partial charge in [-0.25, -0.2) is 9.37 Å². The molecule has 0 unspecified atom stereocenters. The maximum Gasteiger partial charge on any atom is 0.132 e. The molecule has 3 rings (SSSR count). The van der Waals surface area contributed by atoms with Gasteiger partial charge < -0.3 is 23.8 Å². The van der Waals surface area contributed by atoms with Crippen molar-refractivity contribution in [3.8, 4) is 23.0 Å². The second kappa shape index (κ2) is 11.0. The Morgan fingerprint density at radius 3 is 1.75 bits per heavy atom. The summed E-state index contributed by atoms with van der Waals surface area (Å²) in [5.74, 6) is 2.90. The molecule has 0 saturated carbocycles. The van der Waals surface area contributed by atoms with Crippen LogP contribution in [0, 0.1) is 5.82 Å².